The third-order valence-electron chi connectivity index (χ3n) is 10.3. The second-order valence-corrected chi connectivity index (χ2v) is 16.5. The molecule has 1 amide bonds. The van der Waals surface area contributed by atoms with Crippen molar-refractivity contribution < 1.29 is 38.0 Å². The predicted octanol–water partition coefficient (Wildman–Crippen LogP) is 5.86. The fourth-order valence-corrected chi connectivity index (χ4v) is 8.15. The molecule has 5 N–H and O–H groups in total. The van der Waals surface area contributed by atoms with Gasteiger partial charge in [-0.15, -0.1) is 0 Å². The summed E-state index contributed by atoms with van der Waals surface area (Å²) >= 11 is 0. The van der Waals surface area contributed by atoms with Crippen LogP contribution in [0.5, 0.6) is 5.75 Å². The Morgan fingerprint density at radius 3 is 2.16 bits per heavy atom. The number of ether oxygens (including phenoxy) is 2. The first-order valence-electron chi connectivity index (χ1n) is 19.0. The van der Waals surface area contributed by atoms with E-state index in [1.54, 1.807) is 36.4 Å². The maximum Gasteiger partial charge on any atom is 0.241 e. The topological polar surface area (TPSA) is 158 Å². The van der Waals surface area contributed by atoms with Crippen LogP contribution < -0.4 is 10.0 Å². The lowest BCUT2D eigenvalue weighted by Crippen LogP contribution is -2.47. The van der Waals surface area contributed by atoms with Crippen molar-refractivity contribution in [2.45, 2.75) is 69.0 Å². The van der Waals surface area contributed by atoms with Crippen LogP contribution in [0.3, 0.4) is 0 Å². The fourth-order valence-electron chi connectivity index (χ4n) is 6.96. The van der Waals surface area contributed by atoms with Crippen molar-refractivity contribution in [3.05, 3.63) is 166 Å². The van der Waals surface area contributed by atoms with Gasteiger partial charge in [0.25, 0.3) is 0 Å². The van der Waals surface area contributed by atoms with Gasteiger partial charge in [0.2, 0.25) is 15.9 Å². The molecule has 0 spiro atoms. The van der Waals surface area contributed by atoms with Gasteiger partial charge in [-0.3, -0.25) is 4.79 Å². The molecule has 300 valence electrons. The number of carbonyl (C=O) groups excluding carboxylic acids is 1. The Balaban J connectivity index is 1.15. The molecule has 0 aliphatic carbocycles. The minimum atomic E-state index is -3.98. The molecule has 1 aliphatic rings. The molecule has 0 bridgehead atoms. The van der Waals surface area contributed by atoms with E-state index in [0.717, 1.165) is 33.4 Å². The van der Waals surface area contributed by atoms with Crippen molar-refractivity contribution in [2.75, 3.05) is 20.1 Å². The molecule has 11 nitrogen and oxygen atoms in total. The van der Waals surface area contributed by atoms with E-state index in [2.05, 4.69) is 17.0 Å². The van der Waals surface area contributed by atoms with Crippen LogP contribution in [0.15, 0.2) is 132 Å². The van der Waals surface area contributed by atoms with E-state index in [1.165, 1.54) is 12.1 Å². The van der Waals surface area contributed by atoms with E-state index < -0.39 is 34.4 Å². The van der Waals surface area contributed by atoms with Crippen molar-refractivity contribution in [3.63, 3.8) is 0 Å². The van der Waals surface area contributed by atoms with Crippen molar-refractivity contribution in [3.8, 4) is 5.75 Å². The molecule has 0 unspecified atom stereocenters. The quantitative estimate of drug-likeness (QED) is 0.0827. The van der Waals surface area contributed by atoms with Gasteiger partial charge in [0.1, 0.15) is 11.8 Å². The molecule has 1 fully saturated rings. The van der Waals surface area contributed by atoms with Gasteiger partial charge in [0.15, 0.2) is 6.29 Å². The van der Waals surface area contributed by atoms with Gasteiger partial charge < -0.3 is 35.0 Å². The standard InChI is InChI=1S/C45H51N3O8S/c1-30-12-22-39(23-13-30)57(53,54)47-40(24-32-8-5-4-6-9-32)44(52)46-26-33-14-20-36(21-15-33)45-55-42(28-48(3)27-41(51)37-10-7-11-38(50)25-37)31(2)43(56-45)35-18-16-34(29-49)17-19-35/h4-23,25,31,40-43,45,47,49-51H,24,26-29H2,1-3H3,(H,46,52)/t31-,40-,41-,42+,43+,45+/m1/s1. The van der Waals surface area contributed by atoms with Gasteiger partial charge in [-0.2, -0.15) is 4.72 Å². The summed E-state index contributed by atoms with van der Waals surface area (Å²) in [5, 5.41) is 33.4. The number of amides is 1. The third kappa shape index (κ3) is 11.1. The summed E-state index contributed by atoms with van der Waals surface area (Å²) < 4.78 is 42.5. The second-order valence-electron chi connectivity index (χ2n) is 14.8. The minimum Gasteiger partial charge on any atom is -0.508 e. The van der Waals surface area contributed by atoms with E-state index >= 15 is 0 Å². The van der Waals surface area contributed by atoms with Crippen LogP contribution in [0.25, 0.3) is 0 Å². The Bertz CT molecular complexity index is 2170. The molecule has 5 aromatic carbocycles. The number of aryl methyl sites for hydroxylation is 1. The normalized spacial score (nSPS) is 19.5. The van der Waals surface area contributed by atoms with Crippen LogP contribution in [0, 0.1) is 12.8 Å². The van der Waals surface area contributed by atoms with Crippen LogP contribution in [0.1, 0.15) is 64.4 Å². The number of benzene rings is 5. The maximum absolute atomic E-state index is 13.6. The lowest BCUT2D eigenvalue weighted by atomic mass is 9.90. The number of aliphatic hydroxyl groups excluding tert-OH is 2. The lowest BCUT2D eigenvalue weighted by molar-refractivity contribution is -0.276. The molecule has 0 radical (unpaired) electrons. The van der Waals surface area contributed by atoms with Crippen molar-refractivity contribution in [2.24, 2.45) is 5.92 Å². The molecule has 0 saturated carbocycles. The average molecular weight is 794 g/mol. The number of hydrogen-bond acceptors (Lipinski definition) is 9. The van der Waals surface area contributed by atoms with Gasteiger partial charge >= 0.3 is 0 Å². The fraction of sp³-hybridized carbons (Fsp3) is 0.311. The zero-order valence-corrected chi connectivity index (χ0v) is 33.2. The number of sulfonamides is 1. The summed E-state index contributed by atoms with van der Waals surface area (Å²) in [6, 6.07) is 36.5. The maximum atomic E-state index is 13.6. The highest BCUT2D eigenvalue weighted by molar-refractivity contribution is 7.89. The van der Waals surface area contributed by atoms with E-state index in [9.17, 15) is 28.5 Å². The minimum absolute atomic E-state index is 0.0639. The number of phenols is 1. The number of likely N-dealkylation sites (N-methyl/N-ethyl adjacent to an activating group) is 1. The van der Waals surface area contributed by atoms with E-state index in [-0.39, 0.29) is 48.3 Å². The largest absolute Gasteiger partial charge is 0.508 e. The zero-order chi connectivity index (χ0) is 40.5. The first-order valence-corrected chi connectivity index (χ1v) is 20.5. The number of rotatable bonds is 16. The summed E-state index contributed by atoms with van der Waals surface area (Å²) in [6.07, 6.45) is -2.01. The molecule has 12 heteroatoms. The van der Waals surface area contributed by atoms with Gasteiger partial charge in [-0.1, -0.05) is 116 Å². The lowest BCUT2D eigenvalue weighted by Gasteiger charge is -2.42. The highest BCUT2D eigenvalue weighted by Gasteiger charge is 2.39. The Labute approximate surface area is 335 Å². The number of nitrogens with one attached hydrogen (secondary N) is 2. The monoisotopic (exact) mass is 793 g/mol. The van der Waals surface area contributed by atoms with Crippen LogP contribution in [0.4, 0.5) is 0 Å². The Kier molecular flexibility index (Phi) is 13.9. The summed E-state index contributed by atoms with van der Waals surface area (Å²) in [4.78, 5) is 15.7. The Hall–Kier alpha value is -4.92. The smallest absolute Gasteiger partial charge is 0.241 e. The van der Waals surface area contributed by atoms with Crippen LogP contribution in [0.2, 0.25) is 0 Å². The van der Waals surface area contributed by atoms with Crippen LogP contribution >= 0.6 is 0 Å². The number of carbonyl (C=O) groups is 1. The van der Waals surface area contributed by atoms with Gasteiger partial charge in [-0.05, 0) is 72.5 Å². The highest BCUT2D eigenvalue weighted by Crippen LogP contribution is 2.42. The highest BCUT2D eigenvalue weighted by atomic mass is 32.2. The molecular formula is C45H51N3O8S. The summed E-state index contributed by atoms with van der Waals surface area (Å²) in [7, 11) is -2.07. The van der Waals surface area contributed by atoms with Crippen LogP contribution in [-0.2, 0) is 43.9 Å². The predicted molar refractivity (Wildman–Crippen MR) is 217 cm³/mol. The summed E-state index contributed by atoms with van der Waals surface area (Å²) in [6.45, 7) is 4.85. The third-order valence-corrected chi connectivity index (χ3v) is 11.8. The molecule has 1 saturated heterocycles. The number of hydrogen-bond donors (Lipinski definition) is 5. The van der Waals surface area contributed by atoms with E-state index in [0.29, 0.717) is 18.7 Å². The second kappa shape index (κ2) is 19.0. The van der Waals surface area contributed by atoms with Crippen molar-refractivity contribution in [1.82, 2.24) is 14.9 Å². The van der Waals surface area contributed by atoms with Gasteiger partial charge in [0.05, 0.1) is 29.8 Å². The summed E-state index contributed by atoms with van der Waals surface area (Å²) in [5.41, 5.74) is 5.67. The molecule has 6 atom stereocenters. The first kappa shape index (κ1) is 41.7. The summed E-state index contributed by atoms with van der Waals surface area (Å²) in [5.74, 6) is -0.443. The van der Waals surface area contributed by atoms with Crippen LogP contribution in [-0.4, -0.2) is 66.8 Å². The SMILES string of the molecule is Cc1ccc(S(=O)(=O)N[C@H](Cc2ccccc2)C(=O)NCc2ccc([C@H]3O[C@@H](CN(C)C[C@@H](O)c4cccc(O)c4)[C@@H](C)[C@@H](c4ccc(CO)cc4)O3)cc2)cc1. The number of aliphatic hydroxyl groups is 2. The average Bonchev–Trinajstić information content (AvgIpc) is 3.21. The molecule has 57 heavy (non-hydrogen) atoms. The van der Waals surface area contributed by atoms with Gasteiger partial charge in [-0.25, -0.2) is 8.42 Å². The van der Waals surface area contributed by atoms with Crippen molar-refractivity contribution in [1.29, 1.82) is 0 Å². The van der Waals surface area contributed by atoms with Crippen molar-refractivity contribution >= 4 is 15.9 Å². The molecule has 1 heterocycles. The number of aromatic hydroxyl groups is 1. The molecule has 5 aromatic rings. The molecular weight excluding hydrogens is 743 g/mol. The first-order chi connectivity index (χ1) is 27.4. The Morgan fingerprint density at radius 1 is 0.825 bits per heavy atom. The van der Waals surface area contributed by atoms with Gasteiger partial charge in [0, 0.05) is 31.1 Å². The zero-order valence-electron chi connectivity index (χ0n) is 32.4. The number of nitrogens with zero attached hydrogens (tertiary/aromatic N) is 1. The van der Waals surface area contributed by atoms with E-state index in [4.69, 9.17) is 9.47 Å². The molecule has 1 aliphatic heterocycles. The van der Waals surface area contributed by atoms with E-state index in [1.807, 2.05) is 97.7 Å². The number of phenolic OH excluding ortho intramolecular Hbond substituents is 1. The molecule has 0 aromatic heterocycles. The molecule has 6 rings (SSSR count). The Morgan fingerprint density at radius 2 is 1.49 bits per heavy atom.